The minimum Gasteiger partial charge on any atom is -0.381 e. The summed E-state index contributed by atoms with van der Waals surface area (Å²) in [6.07, 6.45) is 0. The quantitative estimate of drug-likeness (QED) is 0.318. The Bertz CT molecular complexity index is 60.2. The molecule has 56 valence electrons. The lowest BCUT2D eigenvalue weighted by Crippen LogP contribution is -2.36. The lowest BCUT2D eigenvalue weighted by Gasteiger charge is -2.12. The zero-order chi connectivity index (χ0) is 7.11. The van der Waals surface area contributed by atoms with Gasteiger partial charge in [0.1, 0.15) is 0 Å². The Balaban J connectivity index is 2.88. The fourth-order valence-electron chi connectivity index (χ4n) is 0.422. The van der Waals surface area contributed by atoms with Gasteiger partial charge in [-0.05, 0) is 14.1 Å². The maximum absolute atomic E-state index is 8.50. The number of rotatable bonds is 5. The first-order chi connectivity index (χ1) is 4.31. The molecule has 4 heteroatoms. The number of hydrogen-bond donors (Lipinski definition) is 3. The molecule has 0 spiro atoms. The van der Waals surface area contributed by atoms with Crippen molar-refractivity contribution in [3.05, 3.63) is 0 Å². The van der Waals surface area contributed by atoms with Crippen LogP contribution in [0.4, 0.5) is 0 Å². The van der Waals surface area contributed by atoms with E-state index in [9.17, 15) is 0 Å². The summed E-state index contributed by atoms with van der Waals surface area (Å²) in [6.45, 7) is 1.57. The summed E-state index contributed by atoms with van der Waals surface area (Å²) in [6, 6.07) is 0. The zero-order valence-electron chi connectivity index (χ0n) is 6.02. The third-order valence-corrected chi connectivity index (χ3v) is 0.925. The third kappa shape index (κ3) is 5.72. The summed E-state index contributed by atoms with van der Waals surface area (Å²) in [5.41, 5.74) is 0. The van der Waals surface area contributed by atoms with Gasteiger partial charge in [0.25, 0.3) is 0 Å². The molecular weight excluding hydrogens is 118 g/mol. The molecule has 0 fully saturated rings. The normalized spacial score (nSPS) is 10.7. The van der Waals surface area contributed by atoms with Gasteiger partial charge >= 0.3 is 0 Å². The van der Waals surface area contributed by atoms with Crippen molar-refractivity contribution in [1.82, 2.24) is 15.5 Å². The number of aliphatic hydroxyl groups is 1. The molecule has 0 aliphatic rings. The first kappa shape index (κ1) is 8.84. The van der Waals surface area contributed by atoms with Crippen molar-refractivity contribution in [1.29, 1.82) is 0 Å². The van der Waals surface area contributed by atoms with Gasteiger partial charge in [0, 0.05) is 6.67 Å². The molecule has 0 rings (SSSR count). The van der Waals surface area contributed by atoms with Crippen LogP contribution in [0.1, 0.15) is 0 Å². The Morgan fingerprint density at radius 3 is 2.67 bits per heavy atom. The highest BCUT2D eigenvalue weighted by molar-refractivity contribution is 4.40. The van der Waals surface area contributed by atoms with Crippen LogP contribution in [0.15, 0.2) is 0 Å². The van der Waals surface area contributed by atoms with Gasteiger partial charge in [0.05, 0.1) is 13.4 Å². The van der Waals surface area contributed by atoms with Crippen LogP contribution >= 0.6 is 0 Å². The van der Waals surface area contributed by atoms with Crippen molar-refractivity contribution in [2.75, 3.05) is 34.2 Å². The van der Waals surface area contributed by atoms with Crippen molar-refractivity contribution in [2.45, 2.75) is 0 Å². The van der Waals surface area contributed by atoms with E-state index >= 15 is 0 Å². The van der Waals surface area contributed by atoms with E-state index < -0.39 is 0 Å². The average Bonchev–Trinajstić information content (AvgIpc) is 1.89. The monoisotopic (exact) mass is 133 g/mol. The largest absolute Gasteiger partial charge is 0.381 e. The predicted octanol–water partition coefficient (Wildman–Crippen LogP) is -1.41. The molecule has 0 unspecified atom stereocenters. The van der Waals surface area contributed by atoms with E-state index in [2.05, 4.69) is 10.6 Å². The topological polar surface area (TPSA) is 47.5 Å². The van der Waals surface area contributed by atoms with E-state index in [-0.39, 0.29) is 6.73 Å². The van der Waals surface area contributed by atoms with Crippen LogP contribution in [0.25, 0.3) is 0 Å². The van der Waals surface area contributed by atoms with Gasteiger partial charge in [-0.1, -0.05) is 0 Å². The molecule has 0 aromatic carbocycles. The molecule has 0 amide bonds. The number of hydrogen-bond acceptors (Lipinski definition) is 4. The lowest BCUT2D eigenvalue weighted by molar-refractivity contribution is 0.124. The standard InChI is InChI=1S/C5H15N3O/c1-6-3-7-4-8(2)5-9/h6-7,9H,3-5H2,1-2H3. The summed E-state index contributed by atoms with van der Waals surface area (Å²) in [4.78, 5) is 1.76. The van der Waals surface area contributed by atoms with E-state index in [0.717, 1.165) is 6.67 Å². The molecule has 0 bridgehead atoms. The Morgan fingerprint density at radius 1 is 1.56 bits per heavy atom. The molecule has 0 saturated carbocycles. The van der Waals surface area contributed by atoms with Crippen molar-refractivity contribution < 1.29 is 5.11 Å². The first-order valence-electron chi connectivity index (χ1n) is 2.96. The van der Waals surface area contributed by atoms with E-state index in [4.69, 9.17) is 5.11 Å². The van der Waals surface area contributed by atoms with Gasteiger partial charge in [0.15, 0.2) is 0 Å². The second-order valence-corrected chi connectivity index (χ2v) is 1.94. The second-order valence-electron chi connectivity index (χ2n) is 1.94. The summed E-state index contributed by atoms with van der Waals surface area (Å²) in [7, 11) is 3.70. The lowest BCUT2D eigenvalue weighted by atomic mass is 10.8. The molecule has 0 atom stereocenters. The molecule has 0 aromatic rings. The molecule has 0 heterocycles. The van der Waals surface area contributed by atoms with E-state index in [1.165, 1.54) is 0 Å². The zero-order valence-corrected chi connectivity index (χ0v) is 6.02. The summed E-state index contributed by atoms with van der Waals surface area (Å²) < 4.78 is 0. The fourth-order valence-corrected chi connectivity index (χ4v) is 0.422. The van der Waals surface area contributed by atoms with Crippen molar-refractivity contribution in [3.8, 4) is 0 Å². The molecule has 0 saturated heterocycles. The van der Waals surface area contributed by atoms with Gasteiger partial charge in [-0.3, -0.25) is 10.2 Å². The Morgan fingerprint density at radius 2 is 2.22 bits per heavy atom. The van der Waals surface area contributed by atoms with E-state index in [1.54, 1.807) is 4.90 Å². The van der Waals surface area contributed by atoms with Crippen LogP contribution in [-0.4, -0.2) is 44.2 Å². The maximum Gasteiger partial charge on any atom is 0.0964 e. The first-order valence-corrected chi connectivity index (χ1v) is 2.96. The van der Waals surface area contributed by atoms with Gasteiger partial charge in [-0.15, -0.1) is 0 Å². The fraction of sp³-hybridized carbons (Fsp3) is 1.00. The maximum atomic E-state index is 8.50. The predicted molar refractivity (Wildman–Crippen MR) is 36.8 cm³/mol. The summed E-state index contributed by atoms with van der Waals surface area (Å²) >= 11 is 0. The Labute approximate surface area is 55.9 Å². The highest BCUT2D eigenvalue weighted by Gasteiger charge is 1.89. The minimum absolute atomic E-state index is 0.0940. The number of aliphatic hydroxyl groups excluding tert-OH is 1. The van der Waals surface area contributed by atoms with Gasteiger partial charge < -0.3 is 10.4 Å². The van der Waals surface area contributed by atoms with Crippen LogP contribution in [0.5, 0.6) is 0 Å². The SMILES string of the molecule is CNCNCN(C)CO. The van der Waals surface area contributed by atoms with Crippen molar-refractivity contribution in [3.63, 3.8) is 0 Å². The van der Waals surface area contributed by atoms with Crippen molar-refractivity contribution in [2.24, 2.45) is 0 Å². The summed E-state index contributed by atoms with van der Waals surface area (Å²) in [5.74, 6) is 0. The molecule has 0 aliphatic carbocycles. The van der Waals surface area contributed by atoms with Crippen LogP contribution in [-0.2, 0) is 0 Å². The highest BCUT2D eigenvalue weighted by atomic mass is 16.3. The minimum atomic E-state index is 0.0940. The number of nitrogens with zero attached hydrogens (tertiary/aromatic N) is 1. The van der Waals surface area contributed by atoms with E-state index in [0.29, 0.717) is 6.67 Å². The Kier molecular flexibility index (Phi) is 5.86. The van der Waals surface area contributed by atoms with Gasteiger partial charge in [-0.25, -0.2) is 0 Å². The molecule has 9 heavy (non-hydrogen) atoms. The molecular formula is C5H15N3O. The van der Waals surface area contributed by atoms with E-state index in [1.807, 2.05) is 14.1 Å². The highest BCUT2D eigenvalue weighted by Crippen LogP contribution is 1.70. The Hall–Kier alpha value is -0.160. The summed E-state index contributed by atoms with van der Waals surface area (Å²) in [5, 5.41) is 14.5. The van der Waals surface area contributed by atoms with Crippen LogP contribution < -0.4 is 10.6 Å². The van der Waals surface area contributed by atoms with Gasteiger partial charge in [0.2, 0.25) is 0 Å². The second kappa shape index (κ2) is 5.97. The average molecular weight is 133 g/mol. The molecule has 0 radical (unpaired) electrons. The van der Waals surface area contributed by atoms with Crippen molar-refractivity contribution >= 4 is 0 Å². The molecule has 0 aliphatic heterocycles. The van der Waals surface area contributed by atoms with Crippen LogP contribution in [0, 0.1) is 0 Å². The smallest absolute Gasteiger partial charge is 0.0964 e. The van der Waals surface area contributed by atoms with Crippen LogP contribution in [0.3, 0.4) is 0 Å². The molecule has 3 N–H and O–H groups in total. The van der Waals surface area contributed by atoms with Crippen LogP contribution in [0.2, 0.25) is 0 Å². The number of nitrogens with one attached hydrogen (secondary N) is 2. The third-order valence-electron chi connectivity index (χ3n) is 0.925. The molecule has 4 nitrogen and oxygen atoms in total. The van der Waals surface area contributed by atoms with Gasteiger partial charge in [-0.2, -0.15) is 0 Å². The molecule has 0 aromatic heterocycles.